The number of carbonyl (C=O) groups is 1. The van der Waals surface area contributed by atoms with Gasteiger partial charge < -0.3 is 20.5 Å². The molecule has 0 saturated carbocycles. The Labute approximate surface area is 122 Å². The Balaban J connectivity index is 1.91. The summed E-state index contributed by atoms with van der Waals surface area (Å²) in [5.74, 6) is 0.799. The van der Waals surface area contributed by atoms with Crippen LogP contribution >= 0.6 is 0 Å². The van der Waals surface area contributed by atoms with Gasteiger partial charge in [-0.25, -0.2) is 0 Å². The third-order valence-electron chi connectivity index (χ3n) is 3.27. The Bertz CT molecular complexity index is 698. The second-order valence-corrected chi connectivity index (χ2v) is 4.87. The highest BCUT2D eigenvalue weighted by molar-refractivity contribution is 6.08. The van der Waals surface area contributed by atoms with Crippen molar-refractivity contribution < 1.29 is 14.3 Å². The molecule has 3 N–H and O–H groups in total. The molecule has 2 aromatic rings. The van der Waals surface area contributed by atoms with E-state index in [2.05, 4.69) is 5.32 Å². The van der Waals surface area contributed by atoms with E-state index >= 15 is 0 Å². The molecule has 0 atom stereocenters. The van der Waals surface area contributed by atoms with E-state index in [0.717, 1.165) is 5.56 Å². The number of ether oxygens (including phenoxy) is 2. The molecule has 2 aromatic carbocycles. The van der Waals surface area contributed by atoms with Crippen LogP contribution in [-0.4, -0.2) is 19.1 Å². The second kappa shape index (κ2) is 5.36. The SMILES string of the molecule is Cc1ccc(N)c(NC(=O)c2cccc3c2OCCO3)c1. The van der Waals surface area contributed by atoms with Gasteiger partial charge in [-0.3, -0.25) is 4.79 Å². The molecule has 3 rings (SSSR count). The molecule has 0 spiro atoms. The molecule has 5 nitrogen and oxygen atoms in total. The normalized spacial score (nSPS) is 12.8. The van der Waals surface area contributed by atoms with Crippen LogP contribution < -0.4 is 20.5 Å². The first-order valence-electron chi connectivity index (χ1n) is 6.71. The van der Waals surface area contributed by atoms with Gasteiger partial charge in [0.25, 0.3) is 5.91 Å². The van der Waals surface area contributed by atoms with Gasteiger partial charge in [0.1, 0.15) is 13.2 Å². The monoisotopic (exact) mass is 284 g/mol. The predicted octanol–water partition coefficient (Wildman–Crippen LogP) is 2.60. The third-order valence-corrected chi connectivity index (χ3v) is 3.27. The van der Waals surface area contributed by atoms with Gasteiger partial charge in [0.05, 0.1) is 16.9 Å². The molecular formula is C16H16N2O3. The minimum absolute atomic E-state index is 0.269. The van der Waals surface area contributed by atoms with E-state index in [-0.39, 0.29) is 5.91 Å². The van der Waals surface area contributed by atoms with E-state index in [0.29, 0.717) is 41.7 Å². The van der Waals surface area contributed by atoms with Gasteiger partial charge in [0.2, 0.25) is 0 Å². The lowest BCUT2D eigenvalue weighted by Crippen LogP contribution is -2.20. The topological polar surface area (TPSA) is 73.6 Å². The maximum atomic E-state index is 12.4. The molecule has 5 heteroatoms. The fraction of sp³-hybridized carbons (Fsp3) is 0.188. The Morgan fingerprint density at radius 3 is 2.86 bits per heavy atom. The van der Waals surface area contributed by atoms with Crippen LogP contribution in [0.3, 0.4) is 0 Å². The number of nitrogens with one attached hydrogen (secondary N) is 1. The van der Waals surface area contributed by atoms with Crippen molar-refractivity contribution in [2.24, 2.45) is 0 Å². The average Bonchev–Trinajstić information content (AvgIpc) is 2.50. The molecule has 0 aromatic heterocycles. The largest absolute Gasteiger partial charge is 0.486 e. The van der Waals surface area contributed by atoms with Crippen LogP contribution in [0.5, 0.6) is 11.5 Å². The van der Waals surface area contributed by atoms with Crippen molar-refractivity contribution in [3.05, 3.63) is 47.5 Å². The minimum Gasteiger partial charge on any atom is -0.486 e. The van der Waals surface area contributed by atoms with Crippen molar-refractivity contribution >= 4 is 17.3 Å². The maximum Gasteiger partial charge on any atom is 0.259 e. The molecule has 0 unspecified atom stereocenters. The zero-order valence-corrected chi connectivity index (χ0v) is 11.7. The van der Waals surface area contributed by atoms with Crippen LogP contribution in [0.2, 0.25) is 0 Å². The zero-order valence-electron chi connectivity index (χ0n) is 11.7. The highest BCUT2D eigenvalue weighted by Gasteiger charge is 2.20. The van der Waals surface area contributed by atoms with E-state index in [1.807, 2.05) is 19.1 Å². The summed E-state index contributed by atoms with van der Waals surface area (Å²) < 4.78 is 11.0. The van der Waals surface area contributed by atoms with Crippen LogP contribution in [-0.2, 0) is 0 Å². The molecule has 1 aliphatic rings. The van der Waals surface area contributed by atoms with Crippen LogP contribution in [0.1, 0.15) is 15.9 Å². The van der Waals surface area contributed by atoms with Gasteiger partial charge in [-0.15, -0.1) is 0 Å². The van der Waals surface area contributed by atoms with E-state index in [4.69, 9.17) is 15.2 Å². The number of carbonyl (C=O) groups excluding carboxylic acids is 1. The number of hydrogen-bond acceptors (Lipinski definition) is 4. The van der Waals surface area contributed by atoms with E-state index in [1.165, 1.54) is 0 Å². The van der Waals surface area contributed by atoms with Crippen molar-refractivity contribution in [3.63, 3.8) is 0 Å². The van der Waals surface area contributed by atoms with Gasteiger partial charge in [0, 0.05) is 0 Å². The maximum absolute atomic E-state index is 12.4. The first kappa shape index (κ1) is 13.3. The average molecular weight is 284 g/mol. The van der Waals surface area contributed by atoms with Crippen molar-refractivity contribution in [1.82, 2.24) is 0 Å². The fourth-order valence-electron chi connectivity index (χ4n) is 2.22. The number of fused-ring (bicyclic) bond motifs is 1. The van der Waals surface area contributed by atoms with Gasteiger partial charge in [0.15, 0.2) is 11.5 Å². The molecule has 0 aliphatic carbocycles. The van der Waals surface area contributed by atoms with Crippen LogP contribution in [0.4, 0.5) is 11.4 Å². The van der Waals surface area contributed by atoms with Gasteiger partial charge in [-0.05, 0) is 36.8 Å². The van der Waals surface area contributed by atoms with Crippen LogP contribution in [0.15, 0.2) is 36.4 Å². The Kier molecular flexibility index (Phi) is 3.39. The van der Waals surface area contributed by atoms with Gasteiger partial charge >= 0.3 is 0 Å². The number of hydrogen-bond donors (Lipinski definition) is 2. The molecular weight excluding hydrogens is 268 g/mol. The van der Waals surface area contributed by atoms with Crippen LogP contribution in [0, 0.1) is 6.92 Å². The molecule has 21 heavy (non-hydrogen) atoms. The highest BCUT2D eigenvalue weighted by Crippen LogP contribution is 2.34. The van der Waals surface area contributed by atoms with Gasteiger partial charge in [-0.1, -0.05) is 12.1 Å². The number of rotatable bonds is 2. The summed E-state index contributed by atoms with van der Waals surface area (Å²) in [6.45, 7) is 2.86. The summed E-state index contributed by atoms with van der Waals surface area (Å²) >= 11 is 0. The summed E-state index contributed by atoms with van der Waals surface area (Å²) in [5, 5.41) is 2.82. The molecule has 0 bridgehead atoms. The summed E-state index contributed by atoms with van der Waals surface area (Å²) in [6.07, 6.45) is 0. The standard InChI is InChI=1S/C16H16N2O3/c1-10-5-6-12(17)13(9-10)18-16(19)11-3-2-4-14-15(11)21-8-7-20-14/h2-6,9H,7-8,17H2,1H3,(H,18,19). The Morgan fingerprint density at radius 1 is 1.19 bits per heavy atom. The molecule has 0 radical (unpaired) electrons. The van der Waals surface area contributed by atoms with Crippen molar-refractivity contribution in [2.45, 2.75) is 6.92 Å². The predicted molar refractivity (Wildman–Crippen MR) is 81.0 cm³/mol. The number of anilines is 2. The molecule has 0 saturated heterocycles. The smallest absolute Gasteiger partial charge is 0.259 e. The lowest BCUT2D eigenvalue weighted by molar-refractivity contribution is 0.101. The molecule has 1 amide bonds. The van der Waals surface area contributed by atoms with Crippen LogP contribution in [0.25, 0.3) is 0 Å². The van der Waals surface area contributed by atoms with E-state index in [1.54, 1.807) is 24.3 Å². The summed E-state index contributed by atoms with van der Waals surface area (Å²) in [4.78, 5) is 12.4. The Morgan fingerprint density at radius 2 is 2.00 bits per heavy atom. The molecule has 1 aliphatic heterocycles. The number of nitrogen functional groups attached to an aromatic ring is 1. The number of nitrogens with two attached hydrogens (primary N) is 1. The first-order valence-corrected chi connectivity index (χ1v) is 6.71. The van der Waals surface area contributed by atoms with E-state index in [9.17, 15) is 4.79 Å². The summed E-state index contributed by atoms with van der Waals surface area (Å²) in [7, 11) is 0. The first-order chi connectivity index (χ1) is 10.1. The number of amides is 1. The molecule has 1 heterocycles. The van der Waals surface area contributed by atoms with Crippen molar-refractivity contribution in [3.8, 4) is 11.5 Å². The number of para-hydroxylation sites is 1. The number of aryl methyl sites for hydroxylation is 1. The minimum atomic E-state index is -0.269. The number of benzene rings is 2. The second-order valence-electron chi connectivity index (χ2n) is 4.87. The zero-order chi connectivity index (χ0) is 14.8. The lowest BCUT2D eigenvalue weighted by atomic mass is 10.1. The van der Waals surface area contributed by atoms with Gasteiger partial charge in [-0.2, -0.15) is 0 Å². The Hall–Kier alpha value is -2.69. The fourth-order valence-corrected chi connectivity index (χ4v) is 2.22. The molecule has 108 valence electrons. The van der Waals surface area contributed by atoms with Crippen molar-refractivity contribution in [2.75, 3.05) is 24.3 Å². The molecule has 0 fully saturated rings. The van der Waals surface area contributed by atoms with Crippen molar-refractivity contribution in [1.29, 1.82) is 0 Å². The van der Waals surface area contributed by atoms with E-state index < -0.39 is 0 Å². The summed E-state index contributed by atoms with van der Waals surface area (Å²) in [5.41, 5.74) is 8.46. The summed E-state index contributed by atoms with van der Waals surface area (Å²) in [6, 6.07) is 10.8. The third kappa shape index (κ3) is 2.63. The highest BCUT2D eigenvalue weighted by atomic mass is 16.6. The lowest BCUT2D eigenvalue weighted by Gasteiger charge is -2.20. The quantitative estimate of drug-likeness (QED) is 0.831.